The molecule has 23 heavy (non-hydrogen) atoms. The number of amides is 2. The van der Waals surface area contributed by atoms with Gasteiger partial charge in [0.15, 0.2) is 0 Å². The average Bonchev–Trinajstić information content (AvgIpc) is 2.55. The Labute approximate surface area is 146 Å². The summed E-state index contributed by atoms with van der Waals surface area (Å²) < 4.78 is 0. The first kappa shape index (κ1) is 18.0. The fourth-order valence-corrected chi connectivity index (χ4v) is 2.85. The molecule has 1 aromatic carbocycles. The van der Waals surface area contributed by atoms with Gasteiger partial charge in [0.2, 0.25) is 5.91 Å². The van der Waals surface area contributed by atoms with Gasteiger partial charge in [0, 0.05) is 26.2 Å². The molecule has 1 heterocycles. The highest BCUT2D eigenvalue weighted by molar-refractivity contribution is 6.43. The first-order valence-corrected chi connectivity index (χ1v) is 8.36. The Morgan fingerprint density at radius 1 is 1.09 bits per heavy atom. The molecule has 5 nitrogen and oxygen atoms in total. The topological polar surface area (TPSA) is 66.6 Å². The molecule has 1 atom stereocenters. The highest BCUT2D eigenvalue weighted by Gasteiger charge is 2.29. The maximum Gasteiger partial charge on any atom is 0.255 e. The van der Waals surface area contributed by atoms with E-state index in [1.54, 1.807) is 28.0 Å². The third kappa shape index (κ3) is 3.97. The van der Waals surface area contributed by atoms with Gasteiger partial charge in [-0.05, 0) is 18.1 Å². The van der Waals surface area contributed by atoms with E-state index in [-0.39, 0.29) is 22.8 Å². The largest absolute Gasteiger partial charge is 0.338 e. The van der Waals surface area contributed by atoms with Crippen molar-refractivity contribution in [2.45, 2.75) is 19.9 Å². The second-order valence-corrected chi connectivity index (χ2v) is 6.77. The van der Waals surface area contributed by atoms with Crippen molar-refractivity contribution in [1.29, 1.82) is 0 Å². The van der Waals surface area contributed by atoms with Gasteiger partial charge in [-0.25, -0.2) is 0 Å². The number of nitrogens with zero attached hydrogens (tertiary/aromatic N) is 2. The van der Waals surface area contributed by atoms with E-state index in [9.17, 15) is 9.59 Å². The zero-order valence-corrected chi connectivity index (χ0v) is 14.8. The molecule has 1 aliphatic heterocycles. The van der Waals surface area contributed by atoms with Crippen LogP contribution in [-0.4, -0.2) is 53.8 Å². The Bertz CT molecular complexity index is 599. The van der Waals surface area contributed by atoms with Crippen molar-refractivity contribution >= 4 is 35.0 Å². The maximum atomic E-state index is 12.5. The quantitative estimate of drug-likeness (QED) is 0.901. The lowest BCUT2D eigenvalue weighted by Crippen LogP contribution is -2.55. The Morgan fingerprint density at radius 2 is 1.65 bits per heavy atom. The minimum atomic E-state index is -0.500. The molecule has 0 bridgehead atoms. The van der Waals surface area contributed by atoms with Gasteiger partial charge in [0.1, 0.15) is 0 Å². The third-order valence-electron chi connectivity index (χ3n) is 4.06. The van der Waals surface area contributed by atoms with Crippen molar-refractivity contribution in [3.05, 3.63) is 33.8 Å². The Hall–Kier alpha value is -1.30. The smallest absolute Gasteiger partial charge is 0.255 e. The van der Waals surface area contributed by atoms with E-state index < -0.39 is 6.04 Å². The second-order valence-electron chi connectivity index (χ2n) is 5.99. The summed E-state index contributed by atoms with van der Waals surface area (Å²) >= 11 is 12.1. The molecule has 0 aromatic heterocycles. The molecule has 0 radical (unpaired) electrons. The first-order chi connectivity index (χ1) is 10.8. The molecule has 1 fully saturated rings. The average molecular weight is 358 g/mol. The molecular weight excluding hydrogens is 337 g/mol. The number of hydrogen-bond acceptors (Lipinski definition) is 3. The monoisotopic (exact) mass is 357 g/mol. The van der Waals surface area contributed by atoms with Crippen LogP contribution in [0.3, 0.4) is 0 Å². The van der Waals surface area contributed by atoms with Crippen LogP contribution in [-0.2, 0) is 4.79 Å². The molecule has 7 heteroatoms. The second kappa shape index (κ2) is 7.51. The number of benzene rings is 1. The molecule has 0 unspecified atom stereocenters. The van der Waals surface area contributed by atoms with Crippen LogP contribution in [0.1, 0.15) is 24.2 Å². The lowest BCUT2D eigenvalue weighted by molar-refractivity contribution is -0.135. The zero-order chi connectivity index (χ0) is 17.1. The van der Waals surface area contributed by atoms with Crippen LogP contribution in [0.25, 0.3) is 0 Å². The molecule has 0 saturated carbocycles. The number of piperazine rings is 1. The molecule has 126 valence electrons. The summed E-state index contributed by atoms with van der Waals surface area (Å²) in [6.07, 6.45) is 0. The highest BCUT2D eigenvalue weighted by Crippen LogP contribution is 2.26. The molecule has 0 spiro atoms. The minimum absolute atomic E-state index is 0.0621. The van der Waals surface area contributed by atoms with Crippen molar-refractivity contribution in [2.75, 3.05) is 26.2 Å². The van der Waals surface area contributed by atoms with E-state index in [4.69, 9.17) is 28.9 Å². The minimum Gasteiger partial charge on any atom is -0.338 e. The van der Waals surface area contributed by atoms with Crippen molar-refractivity contribution in [3.63, 3.8) is 0 Å². The van der Waals surface area contributed by atoms with Crippen molar-refractivity contribution in [2.24, 2.45) is 11.7 Å². The van der Waals surface area contributed by atoms with Crippen LogP contribution in [0, 0.1) is 5.92 Å². The number of nitrogens with two attached hydrogens (primary N) is 1. The lowest BCUT2D eigenvalue weighted by atomic mass is 10.0. The van der Waals surface area contributed by atoms with Crippen LogP contribution >= 0.6 is 23.2 Å². The summed E-state index contributed by atoms with van der Waals surface area (Å²) in [6, 6.07) is 4.50. The maximum absolute atomic E-state index is 12.5. The molecule has 1 aliphatic rings. The fraction of sp³-hybridized carbons (Fsp3) is 0.500. The lowest BCUT2D eigenvalue weighted by Gasteiger charge is -2.36. The van der Waals surface area contributed by atoms with Gasteiger partial charge < -0.3 is 15.5 Å². The van der Waals surface area contributed by atoms with E-state index in [1.165, 1.54) is 0 Å². The predicted molar refractivity (Wildman–Crippen MR) is 91.8 cm³/mol. The van der Waals surface area contributed by atoms with Gasteiger partial charge in [-0.15, -0.1) is 0 Å². The van der Waals surface area contributed by atoms with Crippen LogP contribution in [0.15, 0.2) is 18.2 Å². The standard InChI is InChI=1S/C16H21Cl2N3O2/c1-10(2)14(19)16(23)21-8-6-20(7-9-21)15(22)11-4-3-5-12(17)13(11)18/h3-5,10,14H,6-9,19H2,1-2H3/t14-/m0/s1. The first-order valence-electron chi connectivity index (χ1n) is 7.60. The van der Waals surface area contributed by atoms with Gasteiger partial charge in [-0.1, -0.05) is 43.1 Å². The van der Waals surface area contributed by atoms with Gasteiger partial charge in [0.05, 0.1) is 21.7 Å². The molecule has 1 aromatic rings. The predicted octanol–water partition coefficient (Wildman–Crippen LogP) is 2.26. The van der Waals surface area contributed by atoms with E-state index >= 15 is 0 Å². The van der Waals surface area contributed by atoms with Crippen molar-refractivity contribution in [1.82, 2.24) is 9.80 Å². The summed E-state index contributed by atoms with van der Waals surface area (Å²) in [5.74, 6) is -0.141. The molecule has 0 aliphatic carbocycles. The molecular formula is C16H21Cl2N3O2. The zero-order valence-electron chi connectivity index (χ0n) is 13.3. The third-order valence-corrected chi connectivity index (χ3v) is 4.88. The molecule has 2 rings (SSSR count). The van der Waals surface area contributed by atoms with Crippen LogP contribution in [0.4, 0.5) is 0 Å². The van der Waals surface area contributed by atoms with Gasteiger partial charge in [0.25, 0.3) is 5.91 Å². The van der Waals surface area contributed by atoms with Gasteiger partial charge >= 0.3 is 0 Å². The Morgan fingerprint density at radius 3 is 2.22 bits per heavy atom. The highest BCUT2D eigenvalue weighted by atomic mass is 35.5. The SMILES string of the molecule is CC(C)[C@H](N)C(=O)N1CCN(C(=O)c2cccc(Cl)c2Cl)CC1. The number of carbonyl (C=O) groups is 2. The molecule has 2 N–H and O–H groups in total. The summed E-state index contributed by atoms with van der Waals surface area (Å²) in [5, 5.41) is 0.619. The normalized spacial score (nSPS) is 16.6. The van der Waals surface area contributed by atoms with E-state index in [2.05, 4.69) is 0 Å². The Kier molecular flexibility index (Phi) is 5.89. The van der Waals surface area contributed by atoms with Crippen LogP contribution in [0.5, 0.6) is 0 Å². The van der Waals surface area contributed by atoms with Crippen LogP contribution in [0.2, 0.25) is 10.0 Å². The Balaban J connectivity index is 2.00. The summed E-state index contributed by atoms with van der Waals surface area (Å²) in [7, 11) is 0. The van der Waals surface area contributed by atoms with Crippen LogP contribution < -0.4 is 5.73 Å². The van der Waals surface area contributed by atoms with E-state index in [1.807, 2.05) is 13.8 Å². The number of carbonyl (C=O) groups excluding carboxylic acids is 2. The number of halogens is 2. The van der Waals surface area contributed by atoms with Crippen molar-refractivity contribution < 1.29 is 9.59 Å². The summed E-state index contributed by atoms with van der Waals surface area (Å²) in [6.45, 7) is 5.70. The summed E-state index contributed by atoms with van der Waals surface area (Å²) in [4.78, 5) is 28.2. The van der Waals surface area contributed by atoms with E-state index in [0.29, 0.717) is 36.8 Å². The van der Waals surface area contributed by atoms with Gasteiger partial charge in [-0.3, -0.25) is 9.59 Å². The fourth-order valence-electron chi connectivity index (χ4n) is 2.47. The van der Waals surface area contributed by atoms with E-state index in [0.717, 1.165) is 0 Å². The number of rotatable bonds is 3. The number of hydrogen-bond donors (Lipinski definition) is 1. The summed E-state index contributed by atoms with van der Waals surface area (Å²) in [5.41, 5.74) is 6.30. The van der Waals surface area contributed by atoms with Gasteiger partial charge in [-0.2, -0.15) is 0 Å². The molecule has 1 saturated heterocycles. The van der Waals surface area contributed by atoms with Crippen molar-refractivity contribution in [3.8, 4) is 0 Å². The molecule has 2 amide bonds.